The summed E-state index contributed by atoms with van der Waals surface area (Å²) in [6.45, 7) is 9.58. The highest BCUT2D eigenvalue weighted by atomic mass is 16.6. The van der Waals surface area contributed by atoms with Crippen molar-refractivity contribution in [1.29, 1.82) is 0 Å². The van der Waals surface area contributed by atoms with Gasteiger partial charge in [-0.25, -0.2) is 0 Å². The summed E-state index contributed by atoms with van der Waals surface area (Å²) in [6.07, 6.45) is 5.94. The van der Waals surface area contributed by atoms with E-state index in [1.807, 2.05) is 0 Å². The zero-order chi connectivity index (χ0) is 23.0. The molecule has 1 fully saturated rings. The minimum absolute atomic E-state index is 0.0674. The lowest BCUT2D eigenvalue weighted by Crippen LogP contribution is -2.58. The molecule has 6 atom stereocenters. The first-order valence-corrected chi connectivity index (χ1v) is 10.3. The van der Waals surface area contributed by atoms with E-state index in [2.05, 4.69) is 12.2 Å². The topological polar surface area (TPSA) is 127 Å². The minimum Gasteiger partial charge on any atom is -0.481 e. The summed E-state index contributed by atoms with van der Waals surface area (Å²) >= 11 is 0. The molecular weight excluding hydrogens is 392 g/mol. The van der Waals surface area contributed by atoms with E-state index in [9.17, 15) is 19.2 Å². The third kappa shape index (κ3) is 4.68. The molecule has 0 aromatic carbocycles. The fraction of sp³-hybridized carbons (Fsp3) is 0.727. The second kappa shape index (κ2) is 8.40. The van der Waals surface area contributed by atoms with Crippen LogP contribution in [0.15, 0.2) is 12.2 Å². The van der Waals surface area contributed by atoms with Crippen molar-refractivity contribution in [3.63, 3.8) is 0 Å². The molecule has 0 saturated heterocycles. The second-order valence-electron chi connectivity index (χ2n) is 9.51. The van der Waals surface area contributed by atoms with E-state index in [4.69, 9.17) is 19.7 Å². The van der Waals surface area contributed by atoms with Crippen LogP contribution >= 0.6 is 0 Å². The normalized spacial score (nSPS) is 27.8. The van der Waals surface area contributed by atoms with Crippen molar-refractivity contribution in [2.24, 2.45) is 35.5 Å². The first-order valence-electron chi connectivity index (χ1n) is 10.3. The van der Waals surface area contributed by atoms with Crippen molar-refractivity contribution in [1.82, 2.24) is 0 Å². The van der Waals surface area contributed by atoms with E-state index < -0.39 is 46.9 Å². The lowest BCUT2D eigenvalue weighted by Gasteiger charge is -2.55. The smallest absolute Gasteiger partial charge is 0.320 e. The molecule has 1 saturated carbocycles. The van der Waals surface area contributed by atoms with Gasteiger partial charge in [0.2, 0.25) is 0 Å². The van der Waals surface area contributed by atoms with Crippen molar-refractivity contribution in [2.45, 2.75) is 65.6 Å². The third-order valence-corrected chi connectivity index (χ3v) is 6.53. The SMILES string of the molecule is CC(C(=O)O)C(=O)OC(C)(C)C1C2C=CC(CC2)C1C(C)(C)OC(=O)C(C)C(=O)O. The monoisotopic (exact) mass is 424 g/mol. The summed E-state index contributed by atoms with van der Waals surface area (Å²) < 4.78 is 11.4. The molecule has 0 heterocycles. The number of carbonyl (C=O) groups excluding carboxylic acids is 2. The number of carbonyl (C=O) groups is 4. The van der Waals surface area contributed by atoms with Crippen molar-refractivity contribution < 1.29 is 38.9 Å². The average molecular weight is 424 g/mol. The van der Waals surface area contributed by atoms with Crippen LogP contribution in [0.2, 0.25) is 0 Å². The fourth-order valence-electron chi connectivity index (χ4n) is 4.92. The molecule has 0 aliphatic heterocycles. The molecule has 8 heteroatoms. The summed E-state index contributed by atoms with van der Waals surface area (Å²) in [6, 6.07) is 0. The number of carboxylic acids is 2. The van der Waals surface area contributed by atoms with Gasteiger partial charge in [-0.3, -0.25) is 19.2 Å². The Kier molecular flexibility index (Phi) is 6.69. The van der Waals surface area contributed by atoms with Crippen LogP contribution in [0.1, 0.15) is 54.4 Å². The van der Waals surface area contributed by atoms with Crippen molar-refractivity contribution in [2.75, 3.05) is 0 Å². The lowest BCUT2D eigenvalue weighted by atomic mass is 9.54. The quantitative estimate of drug-likeness (QED) is 0.346. The molecule has 0 amide bonds. The van der Waals surface area contributed by atoms with E-state index in [1.165, 1.54) is 13.8 Å². The van der Waals surface area contributed by atoms with Gasteiger partial charge in [0.25, 0.3) is 0 Å². The van der Waals surface area contributed by atoms with Crippen LogP contribution < -0.4 is 0 Å². The van der Waals surface area contributed by atoms with Gasteiger partial charge in [0.15, 0.2) is 11.8 Å². The molecule has 168 valence electrons. The molecule has 0 aromatic heterocycles. The fourth-order valence-corrected chi connectivity index (χ4v) is 4.92. The van der Waals surface area contributed by atoms with Crippen LogP contribution in [-0.2, 0) is 28.7 Å². The Balaban J connectivity index is 2.33. The van der Waals surface area contributed by atoms with Gasteiger partial charge in [-0.15, -0.1) is 0 Å². The van der Waals surface area contributed by atoms with Gasteiger partial charge in [-0.05, 0) is 66.2 Å². The molecule has 3 aliphatic rings. The third-order valence-electron chi connectivity index (χ3n) is 6.53. The van der Waals surface area contributed by atoms with Crippen molar-refractivity contribution in [3.05, 3.63) is 12.2 Å². The Morgan fingerprint density at radius 2 is 1.07 bits per heavy atom. The van der Waals surface area contributed by atoms with Crippen LogP contribution in [0.5, 0.6) is 0 Å². The Hall–Kier alpha value is -2.38. The van der Waals surface area contributed by atoms with Crippen LogP contribution in [0, 0.1) is 35.5 Å². The Morgan fingerprint density at radius 3 is 1.30 bits per heavy atom. The van der Waals surface area contributed by atoms with E-state index >= 15 is 0 Å². The summed E-state index contributed by atoms with van der Waals surface area (Å²) in [5, 5.41) is 18.2. The van der Waals surface area contributed by atoms with E-state index in [0.717, 1.165) is 12.8 Å². The van der Waals surface area contributed by atoms with Gasteiger partial charge < -0.3 is 19.7 Å². The number of esters is 2. The van der Waals surface area contributed by atoms with Crippen LogP contribution in [-0.4, -0.2) is 45.3 Å². The van der Waals surface area contributed by atoms with E-state index in [1.54, 1.807) is 27.7 Å². The molecular formula is C22H32O8. The van der Waals surface area contributed by atoms with Crippen molar-refractivity contribution in [3.8, 4) is 0 Å². The molecule has 2 bridgehead atoms. The highest BCUT2D eigenvalue weighted by molar-refractivity contribution is 5.94. The van der Waals surface area contributed by atoms with Crippen LogP contribution in [0.4, 0.5) is 0 Å². The van der Waals surface area contributed by atoms with Crippen LogP contribution in [0.25, 0.3) is 0 Å². The maximum absolute atomic E-state index is 12.4. The largest absolute Gasteiger partial charge is 0.481 e. The predicted molar refractivity (Wildman–Crippen MR) is 106 cm³/mol. The van der Waals surface area contributed by atoms with Gasteiger partial charge in [0, 0.05) is 11.8 Å². The van der Waals surface area contributed by atoms with Crippen LogP contribution in [0.3, 0.4) is 0 Å². The summed E-state index contributed by atoms with van der Waals surface area (Å²) in [7, 11) is 0. The zero-order valence-corrected chi connectivity index (χ0v) is 18.4. The number of carboxylic acid groups (broad SMARTS) is 2. The average Bonchev–Trinajstić information content (AvgIpc) is 2.65. The van der Waals surface area contributed by atoms with Gasteiger partial charge in [0.1, 0.15) is 11.2 Å². The number of aliphatic carboxylic acids is 2. The molecule has 6 unspecified atom stereocenters. The van der Waals surface area contributed by atoms with E-state index in [-0.39, 0.29) is 23.7 Å². The number of fused-ring (bicyclic) bond motifs is 2. The molecule has 30 heavy (non-hydrogen) atoms. The van der Waals surface area contributed by atoms with E-state index in [0.29, 0.717) is 0 Å². The van der Waals surface area contributed by atoms with Gasteiger partial charge in [-0.2, -0.15) is 0 Å². The maximum atomic E-state index is 12.4. The second-order valence-corrected chi connectivity index (χ2v) is 9.51. The van der Waals surface area contributed by atoms with Crippen molar-refractivity contribution >= 4 is 23.9 Å². The minimum atomic E-state index is -1.29. The molecule has 3 aliphatic carbocycles. The number of hydrogen-bond donors (Lipinski definition) is 2. The number of ether oxygens (including phenoxy) is 2. The molecule has 3 rings (SSSR count). The van der Waals surface area contributed by atoms with Gasteiger partial charge in [0.05, 0.1) is 0 Å². The number of rotatable bonds is 8. The Labute approximate surface area is 176 Å². The summed E-state index contributed by atoms with van der Waals surface area (Å²) in [4.78, 5) is 47.1. The molecule has 8 nitrogen and oxygen atoms in total. The molecule has 0 spiro atoms. The predicted octanol–water partition coefficient (Wildman–Crippen LogP) is 2.90. The number of allylic oxidation sites excluding steroid dienone is 2. The number of hydrogen-bond acceptors (Lipinski definition) is 6. The first kappa shape index (κ1) is 23.9. The van der Waals surface area contributed by atoms with Gasteiger partial charge in [-0.1, -0.05) is 12.2 Å². The summed E-state index contributed by atoms with van der Waals surface area (Å²) in [5.41, 5.74) is -2.02. The Morgan fingerprint density at radius 1 is 0.767 bits per heavy atom. The first-order chi connectivity index (χ1) is 13.7. The van der Waals surface area contributed by atoms with Gasteiger partial charge >= 0.3 is 23.9 Å². The zero-order valence-electron chi connectivity index (χ0n) is 18.4. The standard InChI is InChI=1S/C22H32O8/c1-11(17(23)24)19(27)29-21(3,4)15-13-7-9-14(10-8-13)16(15)22(5,6)30-20(28)12(2)18(25)26/h7,9,11-16H,8,10H2,1-6H3,(H,23,24)(H,25,26). The Bertz CT molecular complexity index is 688. The molecule has 2 N–H and O–H groups in total. The highest BCUT2D eigenvalue weighted by Gasteiger charge is 2.56. The highest BCUT2D eigenvalue weighted by Crippen LogP contribution is 2.54. The molecule has 0 radical (unpaired) electrons. The molecule has 0 aromatic rings. The lowest BCUT2D eigenvalue weighted by molar-refractivity contribution is -0.199. The maximum Gasteiger partial charge on any atom is 0.320 e. The summed E-state index contributed by atoms with van der Waals surface area (Å²) in [5.74, 6) is -7.04.